The van der Waals surface area contributed by atoms with Crippen molar-refractivity contribution in [2.45, 2.75) is 17.9 Å². The normalized spacial score (nSPS) is 15.4. The predicted molar refractivity (Wildman–Crippen MR) is 229 cm³/mol. The van der Waals surface area contributed by atoms with Crippen molar-refractivity contribution in [3.8, 4) is 33.4 Å². The summed E-state index contributed by atoms with van der Waals surface area (Å²) in [4.78, 5) is 5.56. The zero-order valence-electron chi connectivity index (χ0n) is 30.5. The standard InChI is InChI=1S/C54H39N/c1-5-17-38(18-6-1)40-29-31-41(32-30-40)52-36-43(39-19-7-2-8-20-39)37-53(55-52)49-27-14-13-25-46(49)42-33-34-48-47-26-15-16-28-50(47)54(51(48)35-42,44-21-9-3-10-22-44)45-23-11-4-12-24-45/h1-36,53H,37H2. The van der Waals surface area contributed by atoms with Crippen LogP contribution in [0.2, 0.25) is 0 Å². The van der Waals surface area contributed by atoms with E-state index in [0.717, 1.165) is 17.7 Å². The molecule has 0 N–H and O–H groups in total. The summed E-state index contributed by atoms with van der Waals surface area (Å²) in [5.41, 5.74) is 18.1. The maximum absolute atomic E-state index is 5.56. The Morgan fingerprint density at radius 1 is 0.382 bits per heavy atom. The van der Waals surface area contributed by atoms with Gasteiger partial charge in [-0.05, 0) is 96.5 Å². The molecular formula is C54H39N. The molecule has 0 saturated carbocycles. The first-order valence-electron chi connectivity index (χ1n) is 19.2. The smallest absolute Gasteiger partial charge is 0.0802 e. The minimum Gasteiger partial charge on any atom is -0.276 e. The molecule has 1 heterocycles. The Labute approximate surface area is 323 Å². The van der Waals surface area contributed by atoms with E-state index in [-0.39, 0.29) is 6.04 Å². The van der Waals surface area contributed by atoms with Crippen LogP contribution < -0.4 is 0 Å². The minimum absolute atomic E-state index is 0.0568. The number of benzene rings is 8. The minimum atomic E-state index is -0.454. The van der Waals surface area contributed by atoms with Gasteiger partial charge < -0.3 is 0 Å². The molecule has 0 aromatic heterocycles. The molecular weight excluding hydrogens is 663 g/mol. The van der Waals surface area contributed by atoms with Crippen molar-refractivity contribution in [3.05, 3.63) is 257 Å². The summed E-state index contributed by atoms with van der Waals surface area (Å²) >= 11 is 0. The van der Waals surface area contributed by atoms with Gasteiger partial charge in [0.05, 0.1) is 17.2 Å². The number of hydrogen-bond donors (Lipinski definition) is 0. The quantitative estimate of drug-likeness (QED) is 0.157. The van der Waals surface area contributed by atoms with E-state index in [2.05, 4.69) is 218 Å². The predicted octanol–water partition coefficient (Wildman–Crippen LogP) is 13.4. The van der Waals surface area contributed by atoms with E-state index in [1.165, 1.54) is 72.3 Å². The van der Waals surface area contributed by atoms with Crippen LogP contribution in [0.1, 0.15) is 51.4 Å². The zero-order valence-corrected chi connectivity index (χ0v) is 30.5. The average molecular weight is 702 g/mol. The molecule has 2 aliphatic rings. The molecule has 8 aromatic rings. The van der Waals surface area contributed by atoms with E-state index < -0.39 is 5.41 Å². The lowest BCUT2D eigenvalue weighted by atomic mass is 9.67. The Bertz CT molecular complexity index is 2650. The highest BCUT2D eigenvalue weighted by Gasteiger charge is 2.46. The van der Waals surface area contributed by atoms with Crippen molar-refractivity contribution in [1.82, 2.24) is 0 Å². The summed E-state index contributed by atoms with van der Waals surface area (Å²) in [7, 11) is 0. The van der Waals surface area contributed by atoms with Gasteiger partial charge in [-0.3, -0.25) is 4.99 Å². The van der Waals surface area contributed by atoms with Crippen molar-refractivity contribution in [3.63, 3.8) is 0 Å². The maximum atomic E-state index is 5.56. The zero-order chi connectivity index (χ0) is 36.6. The highest BCUT2D eigenvalue weighted by atomic mass is 14.8. The van der Waals surface area contributed by atoms with Crippen LogP contribution in [0.15, 0.2) is 223 Å². The third-order valence-electron chi connectivity index (χ3n) is 11.5. The molecule has 0 amide bonds. The molecule has 1 atom stereocenters. The molecule has 0 saturated heterocycles. The average Bonchev–Trinajstić information content (AvgIpc) is 3.58. The monoisotopic (exact) mass is 701 g/mol. The fraction of sp³-hybridized carbons (Fsp3) is 0.0556. The van der Waals surface area contributed by atoms with Gasteiger partial charge in [-0.25, -0.2) is 0 Å². The maximum Gasteiger partial charge on any atom is 0.0802 e. The van der Waals surface area contributed by atoms with Crippen LogP contribution in [0.25, 0.3) is 39.0 Å². The second-order valence-corrected chi connectivity index (χ2v) is 14.6. The fourth-order valence-electron chi connectivity index (χ4n) is 9.00. The Hall–Kier alpha value is -6.83. The molecule has 1 aliphatic heterocycles. The SMILES string of the molecule is C1=C(c2ccccc2)CC(c2ccccc2-c2ccc3c(c2)C(c2ccccc2)(c2ccccc2)c2ccccc2-3)N=C1c1ccc(-c2ccccc2)cc1. The van der Waals surface area contributed by atoms with Crippen molar-refractivity contribution >= 4 is 11.3 Å². The number of fused-ring (bicyclic) bond motifs is 3. The Kier molecular flexibility index (Phi) is 8.26. The Morgan fingerprint density at radius 3 is 1.55 bits per heavy atom. The lowest BCUT2D eigenvalue weighted by Gasteiger charge is -2.34. The summed E-state index contributed by atoms with van der Waals surface area (Å²) < 4.78 is 0. The molecule has 1 nitrogen and oxygen atoms in total. The summed E-state index contributed by atoms with van der Waals surface area (Å²) in [5, 5.41) is 0. The molecule has 0 bridgehead atoms. The number of nitrogens with zero attached hydrogens (tertiary/aromatic N) is 1. The van der Waals surface area contributed by atoms with Crippen molar-refractivity contribution in [2.24, 2.45) is 4.99 Å². The van der Waals surface area contributed by atoms with Gasteiger partial charge in [-0.1, -0.05) is 206 Å². The van der Waals surface area contributed by atoms with Crippen molar-refractivity contribution < 1.29 is 0 Å². The summed E-state index contributed by atoms with van der Waals surface area (Å²) in [6, 6.07) is 77.3. The number of rotatable bonds is 7. The van der Waals surface area contributed by atoms with Gasteiger partial charge in [0, 0.05) is 0 Å². The van der Waals surface area contributed by atoms with Crippen LogP contribution >= 0.6 is 0 Å². The second-order valence-electron chi connectivity index (χ2n) is 14.6. The number of allylic oxidation sites excluding steroid dienone is 1. The van der Waals surface area contributed by atoms with E-state index in [4.69, 9.17) is 4.99 Å². The first kappa shape index (κ1) is 32.8. The van der Waals surface area contributed by atoms with Crippen LogP contribution in [-0.2, 0) is 5.41 Å². The van der Waals surface area contributed by atoms with Gasteiger partial charge in [-0.2, -0.15) is 0 Å². The van der Waals surface area contributed by atoms with Crippen LogP contribution in [-0.4, -0.2) is 5.71 Å². The third-order valence-corrected chi connectivity index (χ3v) is 11.5. The molecule has 1 unspecified atom stereocenters. The number of aliphatic imine (C=N–C) groups is 1. The molecule has 1 heteroatoms. The lowest BCUT2D eigenvalue weighted by Crippen LogP contribution is -2.28. The lowest BCUT2D eigenvalue weighted by molar-refractivity contribution is 0.749. The van der Waals surface area contributed by atoms with Gasteiger partial charge in [0.1, 0.15) is 0 Å². The fourth-order valence-corrected chi connectivity index (χ4v) is 9.00. The van der Waals surface area contributed by atoms with Gasteiger partial charge >= 0.3 is 0 Å². The third kappa shape index (κ3) is 5.68. The highest BCUT2D eigenvalue weighted by Crippen LogP contribution is 2.57. The molecule has 260 valence electrons. The van der Waals surface area contributed by atoms with Crippen molar-refractivity contribution in [2.75, 3.05) is 0 Å². The first-order valence-corrected chi connectivity index (χ1v) is 19.2. The van der Waals surface area contributed by atoms with Gasteiger partial charge in [0.15, 0.2) is 0 Å². The topological polar surface area (TPSA) is 12.4 Å². The molecule has 0 spiro atoms. The van der Waals surface area contributed by atoms with E-state index in [9.17, 15) is 0 Å². The Balaban J connectivity index is 1.12. The van der Waals surface area contributed by atoms with E-state index in [1.807, 2.05) is 0 Å². The van der Waals surface area contributed by atoms with Gasteiger partial charge in [0.25, 0.3) is 0 Å². The van der Waals surface area contributed by atoms with Crippen LogP contribution in [0.4, 0.5) is 0 Å². The summed E-state index contributed by atoms with van der Waals surface area (Å²) in [6.07, 6.45) is 3.12. The number of hydrogen-bond acceptors (Lipinski definition) is 1. The molecule has 1 aliphatic carbocycles. The molecule has 0 radical (unpaired) electrons. The van der Waals surface area contributed by atoms with Crippen LogP contribution in [0.3, 0.4) is 0 Å². The first-order chi connectivity index (χ1) is 27.3. The summed E-state index contributed by atoms with van der Waals surface area (Å²) in [6.45, 7) is 0. The van der Waals surface area contributed by atoms with Gasteiger partial charge in [-0.15, -0.1) is 0 Å². The van der Waals surface area contributed by atoms with Gasteiger partial charge in [0.2, 0.25) is 0 Å². The second kappa shape index (κ2) is 13.9. The van der Waals surface area contributed by atoms with E-state index in [0.29, 0.717) is 0 Å². The van der Waals surface area contributed by atoms with E-state index >= 15 is 0 Å². The van der Waals surface area contributed by atoms with E-state index in [1.54, 1.807) is 0 Å². The largest absolute Gasteiger partial charge is 0.276 e. The van der Waals surface area contributed by atoms with Crippen molar-refractivity contribution in [1.29, 1.82) is 0 Å². The highest BCUT2D eigenvalue weighted by molar-refractivity contribution is 6.13. The summed E-state index contributed by atoms with van der Waals surface area (Å²) in [5.74, 6) is 0. The van der Waals surface area contributed by atoms with Crippen LogP contribution in [0.5, 0.6) is 0 Å². The molecule has 10 rings (SSSR count). The van der Waals surface area contributed by atoms with Crippen LogP contribution in [0, 0.1) is 0 Å². The molecule has 8 aromatic carbocycles. The number of dihydropyridines is 1. The Morgan fingerprint density at radius 2 is 0.873 bits per heavy atom. The molecule has 0 fully saturated rings. The molecule has 55 heavy (non-hydrogen) atoms.